The quantitative estimate of drug-likeness (QED) is 0.419. The number of carbonyl (C=O) groups is 2. The molecule has 0 spiro atoms. The molecule has 4 heteroatoms. The highest BCUT2D eigenvalue weighted by molar-refractivity contribution is 5.92. The second-order valence-corrected chi connectivity index (χ2v) is 12.1. The number of fused-ring (bicyclic) bond motifs is 7. The van der Waals surface area contributed by atoms with Crippen molar-refractivity contribution in [3.05, 3.63) is 36.0 Å². The van der Waals surface area contributed by atoms with Crippen molar-refractivity contribution in [2.45, 2.75) is 77.4 Å². The van der Waals surface area contributed by atoms with Gasteiger partial charge in [-0.2, -0.15) is 0 Å². The van der Waals surface area contributed by atoms with E-state index in [-0.39, 0.29) is 28.8 Å². The van der Waals surface area contributed by atoms with Gasteiger partial charge in [0.05, 0.1) is 17.6 Å². The maximum atomic E-state index is 13.1. The summed E-state index contributed by atoms with van der Waals surface area (Å²) in [7, 11) is 0. The first-order chi connectivity index (χ1) is 15.2. The Balaban J connectivity index is 1.29. The van der Waals surface area contributed by atoms with E-state index in [0.29, 0.717) is 48.1 Å². The Hall–Kier alpha value is -1.68. The minimum absolute atomic E-state index is 0.0644. The number of allylic oxidation sites excluding steroid dienone is 4. The van der Waals surface area contributed by atoms with Gasteiger partial charge in [-0.25, -0.2) is 4.79 Å². The van der Waals surface area contributed by atoms with Crippen LogP contribution in [0.2, 0.25) is 0 Å². The van der Waals surface area contributed by atoms with E-state index in [1.54, 1.807) is 0 Å². The second kappa shape index (κ2) is 6.68. The SMILES string of the molecule is C=C1C(=O)O[C@@H]2C[C@@]1(C)OC[C@H]2[C@H]1CC[C@H]2[C@H]3CC=C4C=CCC(=O)[C@]4(C)[C@H]3CC[C@]12C. The molecular weight excluding hydrogens is 400 g/mol. The molecule has 0 N–H and O–H groups in total. The van der Waals surface area contributed by atoms with Crippen molar-refractivity contribution in [2.75, 3.05) is 6.61 Å². The highest BCUT2D eigenvalue weighted by Gasteiger charge is 2.62. The molecule has 2 saturated heterocycles. The zero-order chi connectivity index (χ0) is 22.5. The number of hydrogen-bond donors (Lipinski definition) is 0. The molecule has 2 saturated carbocycles. The number of Topliss-reactive ketones (excluding diaryl/α,β-unsaturated/α-hetero) is 1. The zero-order valence-electron chi connectivity index (χ0n) is 19.7. The molecule has 0 amide bonds. The van der Waals surface area contributed by atoms with E-state index in [0.717, 1.165) is 25.7 Å². The van der Waals surface area contributed by atoms with Crippen molar-refractivity contribution >= 4 is 11.8 Å². The first-order valence-corrected chi connectivity index (χ1v) is 12.6. The van der Waals surface area contributed by atoms with Gasteiger partial charge in [0, 0.05) is 18.8 Å². The van der Waals surface area contributed by atoms with Crippen molar-refractivity contribution in [1.29, 1.82) is 0 Å². The molecule has 4 fully saturated rings. The molecule has 9 atom stereocenters. The molecule has 4 nitrogen and oxygen atoms in total. The summed E-state index contributed by atoms with van der Waals surface area (Å²) >= 11 is 0. The number of esters is 1. The largest absolute Gasteiger partial charge is 0.458 e. The Morgan fingerprint density at radius 2 is 1.78 bits per heavy atom. The smallest absolute Gasteiger partial charge is 0.336 e. The summed E-state index contributed by atoms with van der Waals surface area (Å²) in [5.74, 6) is 2.55. The Morgan fingerprint density at radius 3 is 2.56 bits per heavy atom. The van der Waals surface area contributed by atoms with Crippen LogP contribution in [0.5, 0.6) is 0 Å². The van der Waals surface area contributed by atoms with Crippen molar-refractivity contribution in [1.82, 2.24) is 0 Å². The lowest BCUT2D eigenvalue weighted by atomic mass is 9.47. The summed E-state index contributed by atoms with van der Waals surface area (Å²) in [5.41, 5.74) is 1.08. The van der Waals surface area contributed by atoms with Crippen LogP contribution in [0.4, 0.5) is 0 Å². The molecule has 0 radical (unpaired) electrons. The van der Waals surface area contributed by atoms with E-state index < -0.39 is 5.60 Å². The maximum absolute atomic E-state index is 13.1. The number of ketones is 1. The molecule has 0 aromatic carbocycles. The van der Waals surface area contributed by atoms with Crippen LogP contribution in [0.3, 0.4) is 0 Å². The van der Waals surface area contributed by atoms with E-state index in [9.17, 15) is 9.59 Å². The molecule has 0 aromatic rings. The van der Waals surface area contributed by atoms with Crippen LogP contribution in [0.25, 0.3) is 0 Å². The molecule has 6 aliphatic rings. The zero-order valence-corrected chi connectivity index (χ0v) is 19.7. The summed E-state index contributed by atoms with van der Waals surface area (Å²) < 4.78 is 12.2. The third kappa shape index (κ3) is 2.53. The lowest BCUT2D eigenvalue weighted by Gasteiger charge is -2.57. The minimum Gasteiger partial charge on any atom is -0.458 e. The highest BCUT2D eigenvalue weighted by atomic mass is 16.6. The molecule has 4 aliphatic carbocycles. The Labute approximate surface area is 191 Å². The van der Waals surface area contributed by atoms with E-state index in [2.05, 4.69) is 32.6 Å². The topological polar surface area (TPSA) is 52.6 Å². The summed E-state index contributed by atoms with van der Waals surface area (Å²) in [6.45, 7) is 11.3. The molecule has 0 aromatic heterocycles. The summed E-state index contributed by atoms with van der Waals surface area (Å²) in [5, 5.41) is 0. The summed E-state index contributed by atoms with van der Waals surface area (Å²) in [4.78, 5) is 25.6. The van der Waals surface area contributed by atoms with Crippen molar-refractivity contribution in [2.24, 2.45) is 40.4 Å². The van der Waals surface area contributed by atoms with Crippen LogP contribution in [0, 0.1) is 40.4 Å². The van der Waals surface area contributed by atoms with Gasteiger partial charge in [0.15, 0.2) is 0 Å². The predicted octanol–water partition coefficient (Wildman–Crippen LogP) is 5.19. The molecule has 2 aliphatic heterocycles. The van der Waals surface area contributed by atoms with Gasteiger partial charge in [-0.05, 0) is 80.6 Å². The van der Waals surface area contributed by atoms with Gasteiger partial charge in [-0.3, -0.25) is 4.79 Å². The predicted molar refractivity (Wildman–Crippen MR) is 122 cm³/mol. The summed E-state index contributed by atoms with van der Waals surface area (Å²) in [6, 6.07) is 0. The lowest BCUT2D eigenvalue weighted by Crippen LogP contribution is -2.57. The second-order valence-electron chi connectivity index (χ2n) is 12.1. The van der Waals surface area contributed by atoms with Crippen LogP contribution in [0.15, 0.2) is 36.0 Å². The van der Waals surface area contributed by atoms with E-state index >= 15 is 0 Å². The van der Waals surface area contributed by atoms with Crippen molar-refractivity contribution in [3.8, 4) is 0 Å². The fourth-order valence-electron chi connectivity index (χ4n) is 9.00. The number of ether oxygens (including phenoxy) is 2. The lowest BCUT2D eigenvalue weighted by molar-refractivity contribution is -0.200. The molecule has 2 heterocycles. The molecular formula is C28H36O4. The Kier molecular flexibility index (Phi) is 4.36. The molecule has 2 bridgehead atoms. The monoisotopic (exact) mass is 436 g/mol. The normalized spacial score (nSPS) is 52.0. The number of hydrogen-bond acceptors (Lipinski definition) is 4. The number of rotatable bonds is 1. The van der Waals surface area contributed by atoms with E-state index in [4.69, 9.17) is 9.47 Å². The van der Waals surface area contributed by atoms with Crippen LogP contribution < -0.4 is 0 Å². The van der Waals surface area contributed by atoms with E-state index in [1.807, 2.05) is 13.0 Å². The summed E-state index contributed by atoms with van der Waals surface area (Å²) in [6.07, 6.45) is 13.6. The van der Waals surface area contributed by atoms with Crippen molar-refractivity contribution in [3.63, 3.8) is 0 Å². The van der Waals surface area contributed by atoms with Crippen molar-refractivity contribution < 1.29 is 19.1 Å². The Morgan fingerprint density at radius 1 is 1.03 bits per heavy atom. The van der Waals surface area contributed by atoms with Gasteiger partial charge in [0.2, 0.25) is 0 Å². The molecule has 6 rings (SSSR count). The molecule has 32 heavy (non-hydrogen) atoms. The fourth-order valence-corrected chi connectivity index (χ4v) is 9.00. The van der Waals surface area contributed by atoms with Gasteiger partial charge in [-0.1, -0.05) is 31.7 Å². The van der Waals surface area contributed by atoms with Gasteiger partial charge in [-0.15, -0.1) is 0 Å². The van der Waals surface area contributed by atoms with Crippen LogP contribution in [-0.4, -0.2) is 30.1 Å². The standard InChI is InChI=1S/C28H36O4/c1-16-25(30)32-23-14-27(16,3)31-15-19(23)21-11-10-20-18-9-8-17-6-5-7-24(29)28(17,4)22(18)12-13-26(20,21)2/h5-6,8,18-23H,1,7,9-15H2,2-4H3/t18-,19+,20+,21-,22+,23-,26+,27-,28+/m1/s1. The third-order valence-electron chi connectivity index (χ3n) is 11.0. The van der Waals surface area contributed by atoms with E-state index in [1.165, 1.54) is 18.4 Å². The fraction of sp³-hybridized carbons (Fsp3) is 0.714. The average Bonchev–Trinajstić information content (AvgIpc) is 3.10. The van der Waals surface area contributed by atoms with Gasteiger partial charge < -0.3 is 9.47 Å². The van der Waals surface area contributed by atoms with Gasteiger partial charge in [0.25, 0.3) is 0 Å². The average molecular weight is 437 g/mol. The Bertz CT molecular complexity index is 960. The third-order valence-corrected chi connectivity index (χ3v) is 11.0. The van der Waals surface area contributed by atoms with Gasteiger partial charge in [0.1, 0.15) is 17.5 Å². The maximum Gasteiger partial charge on any atom is 0.336 e. The first-order valence-electron chi connectivity index (χ1n) is 12.6. The van der Waals surface area contributed by atoms with Gasteiger partial charge >= 0.3 is 5.97 Å². The number of carbonyl (C=O) groups excluding carboxylic acids is 2. The van der Waals surface area contributed by atoms with Crippen LogP contribution in [-0.2, 0) is 19.1 Å². The van der Waals surface area contributed by atoms with Crippen LogP contribution >= 0.6 is 0 Å². The highest BCUT2D eigenvalue weighted by Crippen LogP contribution is 2.67. The molecule has 172 valence electrons. The minimum atomic E-state index is -0.568. The van der Waals surface area contributed by atoms with Crippen LogP contribution in [0.1, 0.15) is 65.7 Å². The first kappa shape index (κ1) is 20.9. The molecule has 0 unspecified atom stereocenters.